The number of halogens is 2. The molecule has 0 heterocycles. The third kappa shape index (κ3) is 3.53. The molecule has 0 fully saturated rings. The van der Waals surface area contributed by atoms with Gasteiger partial charge in [0, 0.05) is 28.3 Å². The van der Waals surface area contributed by atoms with Gasteiger partial charge in [-0.25, -0.2) is 0 Å². The van der Waals surface area contributed by atoms with Crippen LogP contribution in [0.2, 0.25) is 5.02 Å². The van der Waals surface area contributed by atoms with Gasteiger partial charge in [0.15, 0.2) is 0 Å². The van der Waals surface area contributed by atoms with Crippen LogP contribution in [0.15, 0.2) is 48.5 Å². The standard InChI is InChI=1S/C16H14BrClN2/c17-12-13-11-14(18)7-8-16(13)20(10-4-9-19)15-5-2-1-3-6-15/h1-3,5-8,11H,4,10,12H2. The lowest BCUT2D eigenvalue weighted by atomic mass is 10.1. The predicted molar refractivity (Wildman–Crippen MR) is 87.8 cm³/mol. The minimum absolute atomic E-state index is 0.471. The maximum absolute atomic E-state index is 8.87. The summed E-state index contributed by atoms with van der Waals surface area (Å²) in [7, 11) is 0. The summed E-state index contributed by atoms with van der Waals surface area (Å²) in [6.45, 7) is 0.655. The summed E-state index contributed by atoms with van der Waals surface area (Å²) in [6.07, 6.45) is 0.471. The van der Waals surface area contributed by atoms with Crippen LogP contribution in [-0.4, -0.2) is 6.54 Å². The average Bonchev–Trinajstić information content (AvgIpc) is 2.49. The SMILES string of the molecule is N#CCCN(c1ccccc1)c1ccc(Cl)cc1CBr. The quantitative estimate of drug-likeness (QED) is 0.686. The molecule has 0 spiro atoms. The van der Waals surface area contributed by atoms with Crippen LogP contribution in [0.3, 0.4) is 0 Å². The van der Waals surface area contributed by atoms with Crippen molar-refractivity contribution in [2.75, 3.05) is 11.4 Å². The second-order valence-corrected chi connectivity index (χ2v) is 5.30. The average molecular weight is 350 g/mol. The van der Waals surface area contributed by atoms with Crippen LogP contribution in [-0.2, 0) is 5.33 Å². The van der Waals surface area contributed by atoms with Gasteiger partial charge in [-0.15, -0.1) is 0 Å². The van der Waals surface area contributed by atoms with Gasteiger partial charge < -0.3 is 4.90 Å². The Balaban J connectivity index is 2.44. The first kappa shape index (κ1) is 14.9. The van der Waals surface area contributed by atoms with Gasteiger partial charge in [0.05, 0.1) is 12.5 Å². The zero-order valence-corrected chi connectivity index (χ0v) is 13.2. The monoisotopic (exact) mass is 348 g/mol. The van der Waals surface area contributed by atoms with Crippen molar-refractivity contribution in [3.05, 3.63) is 59.1 Å². The lowest BCUT2D eigenvalue weighted by molar-refractivity contribution is 0.943. The molecule has 2 aromatic carbocycles. The number of rotatable bonds is 5. The van der Waals surface area contributed by atoms with Crippen LogP contribution in [0.4, 0.5) is 11.4 Å². The highest BCUT2D eigenvalue weighted by Crippen LogP contribution is 2.31. The van der Waals surface area contributed by atoms with E-state index in [1.807, 2.05) is 48.5 Å². The van der Waals surface area contributed by atoms with Crippen LogP contribution in [0.5, 0.6) is 0 Å². The van der Waals surface area contributed by atoms with Crippen molar-refractivity contribution in [2.45, 2.75) is 11.8 Å². The lowest BCUT2D eigenvalue weighted by Gasteiger charge is -2.26. The first-order valence-electron chi connectivity index (χ1n) is 6.30. The molecule has 2 aromatic rings. The zero-order valence-electron chi connectivity index (χ0n) is 10.9. The van der Waals surface area contributed by atoms with E-state index in [9.17, 15) is 0 Å². The lowest BCUT2D eigenvalue weighted by Crippen LogP contribution is -2.19. The van der Waals surface area contributed by atoms with E-state index in [-0.39, 0.29) is 0 Å². The van der Waals surface area contributed by atoms with Gasteiger partial charge in [-0.3, -0.25) is 0 Å². The molecule has 0 aromatic heterocycles. The minimum atomic E-state index is 0.471. The number of para-hydroxylation sites is 1. The van der Waals surface area contributed by atoms with Gasteiger partial charge in [-0.1, -0.05) is 45.7 Å². The van der Waals surface area contributed by atoms with Gasteiger partial charge >= 0.3 is 0 Å². The molecule has 0 bridgehead atoms. The fourth-order valence-corrected chi connectivity index (χ4v) is 2.73. The number of alkyl halides is 1. The summed E-state index contributed by atoms with van der Waals surface area (Å²) in [6, 6.07) is 18.1. The molecule has 0 aliphatic carbocycles. The minimum Gasteiger partial charge on any atom is -0.340 e. The maximum Gasteiger partial charge on any atom is 0.0640 e. The molecule has 2 nitrogen and oxygen atoms in total. The molecule has 0 aliphatic heterocycles. The van der Waals surface area contributed by atoms with Crippen molar-refractivity contribution in [3.8, 4) is 6.07 Å². The normalized spacial score (nSPS) is 10.1. The van der Waals surface area contributed by atoms with Gasteiger partial charge in [0.2, 0.25) is 0 Å². The molecular weight excluding hydrogens is 336 g/mol. The number of nitrogens with zero attached hydrogens (tertiary/aromatic N) is 2. The fraction of sp³-hybridized carbons (Fsp3) is 0.188. The Morgan fingerprint density at radius 3 is 2.55 bits per heavy atom. The highest BCUT2D eigenvalue weighted by atomic mass is 79.9. The Bertz CT molecular complexity index is 608. The number of hydrogen-bond acceptors (Lipinski definition) is 2. The molecule has 0 unspecified atom stereocenters. The summed E-state index contributed by atoms with van der Waals surface area (Å²) in [5.74, 6) is 0. The van der Waals surface area contributed by atoms with Crippen LogP contribution in [0, 0.1) is 11.3 Å². The summed E-state index contributed by atoms with van der Waals surface area (Å²) in [5, 5.41) is 10.3. The molecule has 102 valence electrons. The van der Waals surface area contributed by atoms with Gasteiger partial charge in [0.25, 0.3) is 0 Å². The Morgan fingerprint density at radius 2 is 1.90 bits per heavy atom. The molecule has 20 heavy (non-hydrogen) atoms. The molecular formula is C16H14BrClN2. The van der Waals surface area contributed by atoms with E-state index in [1.54, 1.807) is 0 Å². The second kappa shape index (κ2) is 7.33. The first-order valence-corrected chi connectivity index (χ1v) is 7.80. The van der Waals surface area contributed by atoms with E-state index in [1.165, 1.54) is 0 Å². The largest absolute Gasteiger partial charge is 0.340 e. The number of nitriles is 1. The van der Waals surface area contributed by atoms with E-state index in [0.717, 1.165) is 27.3 Å². The van der Waals surface area contributed by atoms with Crippen molar-refractivity contribution in [2.24, 2.45) is 0 Å². The van der Waals surface area contributed by atoms with Gasteiger partial charge in [0.1, 0.15) is 0 Å². The Hall–Kier alpha value is -1.50. The Labute approximate surface area is 132 Å². The van der Waals surface area contributed by atoms with E-state index in [0.29, 0.717) is 13.0 Å². The highest BCUT2D eigenvalue weighted by Gasteiger charge is 2.13. The first-order chi connectivity index (χ1) is 9.76. The molecule has 0 saturated heterocycles. The maximum atomic E-state index is 8.87. The van der Waals surface area contributed by atoms with Crippen molar-refractivity contribution >= 4 is 38.9 Å². The van der Waals surface area contributed by atoms with Crippen LogP contribution in [0.25, 0.3) is 0 Å². The van der Waals surface area contributed by atoms with Crippen LogP contribution >= 0.6 is 27.5 Å². The molecule has 0 atom stereocenters. The third-order valence-corrected chi connectivity index (χ3v) is 3.83. The molecule has 2 rings (SSSR count). The number of anilines is 2. The van der Waals surface area contributed by atoms with Crippen molar-refractivity contribution in [3.63, 3.8) is 0 Å². The smallest absolute Gasteiger partial charge is 0.0640 e. The topological polar surface area (TPSA) is 27.0 Å². The van der Waals surface area contributed by atoms with E-state index in [4.69, 9.17) is 16.9 Å². The predicted octanol–water partition coefficient (Wildman–Crippen LogP) is 5.29. The van der Waals surface area contributed by atoms with Gasteiger partial charge in [-0.05, 0) is 35.9 Å². The Kier molecular flexibility index (Phi) is 5.46. The Morgan fingerprint density at radius 1 is 1.15 bits per heavy atom. The van der Waals surface area contributed by atoms with Crippen molar-refractivity contribution in [1.82, 2.24) is 0 Å². The van der Waals surface area contributed by atoms with Crippen LogP contribution < -0.4 is 4.90 Å². The van der Waals surface area contributed by atoms with Crippen molar-refractivity contribution < 1.29 is 0 Å². The van der Waals surface area contributed by atoms with Gasteiger partial charge in [-0.2, -0.15) is 5.26 Å². The van der Waals surface area contributed by atoms with E-state index >= 15 is 0 Å². The molecule has 0 amide bonds. The zero-order chi connectivity index (χ0) is 14.4. The summed E-state index contributed by atoms with van der Waals surface area (Å²) >= 11 is 9.56. The van der Waals surface area contributed by atoms with E-state index < -0.39 is 0 Å². The van der Waals surface area contributed by atoms with Crippen LogP contribution in [0.1, 0.15) is 12.0 Å². The van der Waals surface area contributed by atoms with Crippen molar-refractivity contribution in [1.29, 1.82) is 5.26 Å². The molecule has 0 radical (unpaired) electrons. The molecule has 0 saturated carbocycles. The molecule has 0 N–H and O–H groups in total. The fourth-order valence-electron chi connectivity index (χ4n) is 2.08. The highest BCUT2D eigenvalue weighted by molar-refractivity contribution is 9.08. The summed E-state index contributed by atoms with van der Waals surface area (Å²) < 4.78 is 0. The summed E-state index contributed by atoms with van der Waals surface area (Å²) in [5.41, 5.74) is 3.26. The number of hydrogen-bond donors (Lipinski definition) is 0. The third-order valence-electron chi connectivity index (χ3n) is 2.99. The second-order valence-electron chi connectivity index (χ2n) is 4.30. The molecule has 0 aliphatic rings. The number of benzene rings is 2. The van der Waals surface area contributed by atoms with E-state index in [2.05, 4.69) is 26.9 Å². The summed E-state index contributed by atoms with van der Waals surface area (Å²) in [4.78, 5) is 2.15. The molecule has 4 heteroatoms.